The van der Waals surface area contributed by atoms with Gasteiger partial charge in [0.15, 0.2) is 0 Å². The summed E-state index contributed by atoms with van der Waals surface area (Å²) in [6, 6.07) is 0. The maximum Gasteiger partial charge on any atom is 0.313 e. The molecule has 3 rings (SSSR count). The van der Waals surface area contributed by atoms with E-state index in [1.807, 2.05) is 0 Å². The predicted octanol–water partition coefficient (Wildman–Crippen LogP) is 3.08. The molecule has 0 unspecified atom stereocenters. The van der Waals surface area contributed by atoms with E-state index in [-0.39, 0.29) is 25.7 Å². The summed E-state index contributed by atoms with van der Waals surface area (Å²) in [5, 5.41) is 0. The lowest BCUT2D eigenvalue weighted by molar-refractivity contribution is -0.301. The Labute approximate surface area is 67.9 Å². The molecule has 0 aromatic rings. The van der Waals surface area contributed by atoms with Crippen molar-refractivity contribution in [3.05, 3.63) is 0 Å². The van der Waals surface area contributed by atoms with E-state index in [2.05, 4.69) is 0 Å². The van der Waals surface area contributed by atoms with Gasteiger partial charge in [0.25, 0.3) is 0 Å². The van der Waals surface area contributed by atoms with Gasteiger partial charge in [-0.2, -0.15) is 17.6 Å². The first kappa shape index (κ1) is 8.32. The number of fused-ring (bicyclic) bond motifs is 3. The third-order valence-electron chi connectivity index (χ3n) is 3.20. The third-order valence-corrected chi connectivity index (χ3v) is 3.20. The average molecular weight is 182 g/mol. The van der Waals surface area contributed by atoms with Crippen LogP contribution in [0.5, 0.6) is 0 Å². The molecule has 0 saturated heterocycles. The molecule has 0 spiro atoms. The number of halogens is 4. The fourth-order valence-electron chi connectivity index (χ4n) is 2.36. The summed E-state index contributed by atoms with van der Waals surface area (Å²) in [5.74, 6) is -9.63. The minimum Gasteiger partial charge on any atom is -0.200 e. The van der Waals surface area contributed by atoms with E-state index in [1.54, 1.807) is 0 Å². The van der Waals surface area contributed by atoms with Gasteiger partial charge in [-0.05, 0) is 25.7 Å². The average Bonchev–Trinajstić information content (AvgIpc) is 2.02. The summed E-state index contributed by atoms with van der Waals surface area (Å²) in [6.45, 7) is 0. The molecule has 3 fully saturated rings. The lowest BCUT2D eigenvalue weighted by Gasteiger charge is -2.47. The molecule has 0 atom stereocenters. The quantitative estimate of drug-likeness (QED) is 0.505. The molecule has 0 nitrogen and oxygen atoms in total. The number of hydrogen-bond acceptors (Lipinski definition) is 0. The van der Waals surface area contributed by atoms with Gasteiger partial charge in [0.05, 0.1) is 0 Å². The van der Waals surface area contributed by atoms with Crippen LogP contribution in [0, 0.1) is 11.8 Å². The van der Waals surface area contributed by atoms with Gasteiger partial charge in [-0.1, -0.05) is 0 Å². The van der Waals surface area contributed by atoms with Crippen LogP contribution in [-0.4, -0.2) is 11.8 Å². The highest BCUT2D eigenvalue weighted by atomic mass is 19.3. The molecule has 0 aromatic carbocycles. The minimum atomic E-state index is -3.74. The van der Waals surface area contributed by atoms with E-state index < -0.39 is 23.7 Å². The zero-order valence-corrected chi connectivity index (χ0v) is 6.49. The van der Waals surface area contributed by atoms with Crippen molar-refractivity contribution in [1.82, 2.24) is 0 Å². The molecule has 3 saturated carbocycles. The molecule has 0 amide bonds. The second kappa shape index (κ2) is 2.15. The Morgan fingerprint density at radius 2 is 0.917 bits per heavy atom. The predicted molar refractivity (Wildman–Crippen MR) is 35.3 cm³/mol. The summed E-state index contributed by atoms with van der Waals surface area (Å²) in [5.41, 5.74) is 0. The van der Waals surface area contributed by atoms with Crippen LogP contribution in [0.25, 0.3) is 0 Å². The first-order valence-electron chi connectivity index (χ1n) is 4.22. The van der Waals surface area contributed by atoms with Crippen molar-refractivity contribution in [3.8, 4) is 0 Å². The second-order valence-corrected chi connectivity index (χ2v) is 3.79. The Morgan fingerprint density at radius 3 is 1.08 bits per heavy atom. The number of alkyl halides is 4. The minimum absolute atomic E-state index is 0.271. The van der Waals surface area contributed by atoms with Crippen LogP contribution in [0.1, 0.15) is 25.7 Å². The SMILES string of the molecule is FC1(F)C2CCC(CC2)C1(F)F. The molecule has 0 aliphatic heterocycles. The van der Waals surface area contributed by atoms with E-state index in [9.17, 15) is 17.6 Å². The van der Waals surface area contributed by atoms with E-state index in [1.165, 1.54) is 0 Å². The van der Waals surface area contributed by atoms with E-state index in [4.69, 9.17) is 0 Å². The van der Waals surface area contributed by atoms with Crippen LogP contribution in [0.15, 0.2) is 0 Å². The molecule has 2 bridgehead atoms. The molecular weight excluding hydrogens is 172 g/mol. The third kappa shape index (κ3) is 0.783. The molecule has 3 aliphatic rings. The summed E-state index contributed by atoms with van der Waals surface area (Å²) in [6.07, 6.45) is 1.08. The Bertz CT molecular complexity index is 169. The molecule has 0 N–H and O–H groups in total. The summed E-state index contributed by atoms with van der Waals surface area (Å²) < 4.78 is 51.7. The molecule has 0 aromatic heterocycles. The van der Waals surface area contributed by atoms with Crippen LogP contribution in [-0.2, 0) is 0 Å². The first-order valence-corrected chi connectivity index (χ1v) is 4.22. The van der Waals surface area contributed by atoms with Gasteiger partial charge < -0.3 is 0 Å². The molecule has 70 valence electrons. The summed E-state index contributed by atoms with van der Waals surface area (Å²) >= 11 is 0. The van der Waals surface area contributed by atoms with Gasteiger partial charge in [-0.3, -0.25) is 0 Å². The monoisotopic (exact) mass is 182 g/mol. The summed E-state index contributed by atoms with van der Waals surface area (Å²) in [7, 11) is 0. The normalized spacial score (nSPS) is 43.0. The zero-order valence-electron chi connectivity index (χ0n) is 6.49. The molecule has 12 heavy (non-hydrogen) atoms. The Morgan fingerprint density at radius 1 is 0.667 bits per heavy atom. The lowest BCUT2D eigenvalue weighted by atomic mass is 9.66. The van der Waals surface area contributed by atoms with Crippen molar-refractivity contribution in [2.75, 3.05) is 0 Å². The highest BCUT2D eigenvalue weighted by molar-refractivity contribution is 5.03. The van der Waals surface area contributed by atoms with E-state index in [0.717, 1.165) is 0 Å². The smallest absolute Gasteiger partial charge is 0.200 e. The first-order chi connectivity index (χ1) is 5.46. The van der Waals surface area contributed by atoms with Crippen molar-refractivity contribution in [2.24, 2.45) is 11.8 Å². The Kier molecular flexibility index (Phi) is 1.49. The van der Waals surface area contributed by atoms with Gasteiger partial charge in [0.2, 0.25) is 0 Å². The molecule has 0 heterocycles. The highest BCUT2D eigenvalue weighted by Crippen LogP contribution is 2.58. The van der Waals surface area contributed by atoms with Crippen LogP contribution >= 0.6 is 0 Å². The maximum atomic E-state index is 12.9. The zero-order chi connectivity index (χ0) is 8.98. The van der Waals surface area contributed by atoms with Gasteiger partial charge in [0, 0.05) is 11.8 Å². The molecule has 3 aliphatic carbocycles. The molecule has 4 heteroatoms. The molecule has 0 radical (unpaired) electrons. The Balaban J connectivity index is 2.35. The van der Waals surface area contributed by atoms with Gasteiger partial charge in [-0.15, -0.1) is 0 Å². The Hall–Kier alpha value is -0.280. The van der Waals surface area contributed by atoms with Crippen LogP contribution in [0.4, 0.5) is 17.6 Å². The number of rotatable bonds is 0. The van der Waals surface area contributed by atoms with Crippen LogP contribution in [0.3, 0.4) is 0 Å². The van der Waals surface area contributed by atoms with Gasteiger partial charge >= 0.3 is 11.8 Å². The maximum absolute atomic E-state index is 12.9. The fraction of sp³-hybridized carbons (Fsp3) is 1.00. The van der Waals surface area contributed by atoms with Gasteiger partial charge in [0.1, 0.15) is 0 Å². The fourth-order valence-corrected chi connectivity index (χ4v) is 2.36. The topological polar surface area (TPSA) is 0 Å². The van der Waals surface area contributed by atoms with Crippen LogP contribution in [0.2, 0.25) is 0 Å². The largest absolute Gasteiger partial charge is 0.313 e. The van der Waals surface area contributed by atoms with Crippen molar-refractivity contribution in [1.29, 1.82) is 0 Å². The van der Waals surface area contributed by atoms with Crippen molar-refractivity contribution >= 4 is 0 Å². The standard InChI is InChI=1S/C8H10F4/c9-7(10)5-1-2-6(4-3-5)8(7,11)12/h5-6H,1-4H2. The van der Waals surface area contributed by atoms with Crippen molar-refractivity contribution in [2.45, 2.75) is 37.5 Å². The van der Waals surface area contributed by atoms with E-state index >= 15 is 0 Å². The lowest BCUT2D eigenvalue weighted by Crippen LogP contribution is -2.58. The van der Waals surface area contributed by atoms with Crippen molar-refractivity contribution < 1.29 is 17.6 Å². The van der Waals surface area contributed by atoms with Gasteiger partial charge in [-0.25, -0.2) is 0 Å². The highest BCUT2D eigenvalue weighted by Gasteiger charge is 2.69. The van der Waals surface area contributed by atoms with E-state index in [0.29, 0.717) is 0 Å². The van der Waals surface area contributed by atoms with Crippen molar-refractivity contribution in [3.63, 3.8) is 0 Å². The molecular formula is C8H10F4. The summed E-state index contributed by atoms with van der Waals surface area (Å²) in [4.78, 5) is 0. The number of hydrogen-bond donors (Lipinski definition) is 0. The van der Waals surface area contributed by atoms with Crippen LogP contribution < -0.4 is 0 Å². The second-order valence-electron chi connectivity index (χ2n) is 3.79.